The van der Waals surface area contributed by atoms with E-state index in [1.165, 1.54) is 10.3 Å². The van der Waals surface area contributed by atoms with Gasteiger partial charge < -0.3 is 0 Å². The van der Waals surface area contributed by atoms with Crippen molar-refractivity contribution in [1.29, 1.82) is 0 Å². The fraction of sp³-hybridized carbons (Fsp3) is 0.118. The summed E-state index contributed by atoms with van der Waals surface area (Å²) < 4.78 is 1.18. The predicted octanol–water partition coefficient (Wildman–Crippen LogP) is 4.64. The number of hydrogen-bond donors (Lipinski definition) is 0. The second-order valence-electron chi connectivity index (χ2n) is 4.67. The molecule has 0 amide bonds. The fourth-order valence-corrected chi connectivity index (χ4v) is 3.24. The summed E-state index contributed by atoms with van der Waals surface area (Å²) >= 11 is 1.64. The van der Waals surface area contributed by atoms with E-state index < -0.39 is 0 Å². The van der Waals surface area contributed by atoms with E-state index in [4.69, 9.17) is 0 Å². The number of benzene rings is 2. The summed E-state index contributed by atoms with van der Waals surface area (Å²) in [6.45, 7) is 2.05. The van der Waals surface area contributed by atoms with E-state index in [-0.39, 0.29) is 5.78 Å². The van der Waals surface area contributed by atoms with Crippen LogP contribution >= 0.6 is 11.3 Å². The second-order valence-corrected chi connectivity index (χ2v) is 5.58. The van der Waals surface area contributed by atoms with Crippen LogP contribution in [0.25, 0.3) is 10.1 Å². The summed E-state index contributed by atoms with van der Waals surface area (Å²) in [5.74, 6) is 0.201. The summed E-state index contributed by atoms with van der Waals surface area (Å²) in [6, 6.07) is 16.1. The zero-order valence-electron chi connectivity index (χ0n) is 10.7. The van der Waals surface area contributed by atoms with Crippen LogP contribution in [-0.2, 0) is 6.42 Å². The Labute approximate surface area is 116 Å². The van der Waals surface area contributed by atoms with Gasteiger partial charge in [0.15, 0.2) is 5.78 Å². The Bertz CT molecular complexity index is 740. The number of Topliss-reactive ketones (excluding diaryl/α,β-unsaturated/α-hetero) is 1. The second kappa shape index (κ2) is 4.98. The van der Waals surface area contributed by atoms with Gasteiger partial charge in [0.2, 0.25) is 0 Å². The standard InChI is InChI=1S/C17H14OS/c1-12-6-2-3-7-13(12)10-16(18)15-11-19-17-9-5-4-8-14(15)17/h2-9,11H,10H2,1H3. The smallest absolute Gasteiger partial charge is 0.168 e. The number of fused-ring (bicyclic) bond motifs is 1. The Morgan fingerprint density at radius 2 is 1.79 bits per heavy atom. The fourth-order valence-electron chi connectivity index (χ4n) is 2.27. The highest BCUT2D eigenvalue weighted by atomic mass is 32.1. The molecule has 1 heterocycles. The molecule has 1 nitrogen and oxygen atoms in total. The molecule has 0 aliphatic carbocycles. The maximum absolute atomic E-state index is 12.4. The molecular formula is C17H14OS. The average molecular weight is 266 g/mol. The van der Waals surface area contributed by atoms with Crippen LogP contribution in [-0.4, -0.2) is 5.78 Å². The van der Waals surface area contributed by atoms with Gasteiger partial charge in [0.25, 0.3) is 0 Å². The van der Waals surface area contributed by atoms with Crippen molar-refractivity contribution >= 4 is 27.2 Å². The number of hydrogen-bond acceptors (Lipinski definition) is 2. The number of carbonyl (C=O) groups excluding carboxylic acids is 1. The van der Waals surface area contributed by atoms with Crippen molar-refractivity contribution in [2.75, 3.05) is 0 Å². The molecular weight excluding hydrogens is 252 g/mol. The average Bonchev–Trinajstić information content (AvgIpc) is 2.85. The van der Waals surface area contributed by atoms with Crippen LogP contribution in [0, 0.1) is 6.92 Å². The van der Waals surface area contributed by atoms with Crippen LogP contribution in [0.5, 0.6) is 0 Å². The first-order valence-corrected chi connectivity index (χ1v) is 7.17. The van der Waals surface area contributed by atoms with Crippen LogP contribution < -0.4 is 0 Å². The SMILES string of the molecule is Cc1ccccc1CC(=O)c1csc2ccccc12. The Balaban J connectivity index is 1.95. The molecule has 0 aliphatic rings. The molecule has 0 saturated heterocycles. The molecule has 0 saturated carbocycles. The van der Waals surface area contributed by atoms with Gasteiger partial charge in [-0.15, -0.1) is 11.3 Å². The highest BCUT2D eigenvalue weighted by Gasteiger charge is 2.13. The van der Waals surface area contributed by atoms with Gasteiger partial charge in [0.05, 0.1) is 0 Å². The number of carbonyl (C=O) groups is 1. The molecule has 2 heteroatoms. The number of ketones is 1. The molecule has 3 aromatic rings. The lowest BCUT2D eigenvalue weighted by atomic mass is 9.99. The van der Waals surface area contributed by atoms with E-state index in [2.05, 4.69) is 6.07 Å². The quantitative estimate of drug-likeness (QED) is 0.631. The van der Waals surface area contributed by atoms with Crippen LogP contribution in [0.2, 0.25) is 0 Å². The van der Waals surface area contributed by atoms with Gasteiger partial charge in [-0.05, 0) is 24.1 Å². The molecule has 0 fully saturated rings. The number of thiophene rings is 1. The Morgan fingerprint density at radius 3 is 2.63 bits per heavy atom. The zero-order valence-corrected chi connectivity index (χ0v) is 11.5. The van der Waals surface area contributed by atoms with Crippen molar-refractivity contribution in [3.63, 3.8) is 0 Å². The molecule has 0 radical (unpaired) electrons. The van der Waals surface area contributed by atoms with Crippen molar-refractivity contribution in [3.05, 3.63) is 70.6 Å². The Morgan fingerprint density at radius 1 is 1.05 bits per heavy atom. The first-order chi connectivity index (χ1) is 9.25. The molecule has 1 aromatic heterocycles. The topological polar surface area (TPSA) is 17.1 Å². The van der Waals surface area contributed by atoms with Gasteiger partial charge in [-0.25, -0.2) is 0 Å². The molecule has 0 atom stereocenters. The first kappa shape index (κ1) is 12.1. The summed E-state index contributed by atoms with van der Waals surface area (Å²) in [7, 11) is 0. The summed E-state index contributed by atoms with van der Waals surface area (Å²) in [5, 5.41) is 3.05. The molecule has 0 aliphatic heterocycles. The maximum Gasteiger partial charge on any atom is 0.168 e. The van der Waals surface area contributed by atoms with Gasteiger partial charge in [0.1, 0.15) is 0 Å². The minimum Gasteiger partial charge on any atom is -0.294 e. The monoisotopic (exact) mass is 266 g/mol. The summed E-state index contributed by atoms with van der Waals surface area (Å²) in [4.78, 5) is 12.4. The zero-order chi connectivity index (χ0) is 13.2. The van der Waals surface area contributed by atoms with Gasteiger partial charge in [-0.3, -0.25) is 4.79 Å². The predicted molar refractivity (Wildman–Crippen MR) is 81.0 cm³/mol. The Kier molecular flexibility index (Phi) is 3.18. The van der Waals surface area contributed by atoms with E-state index in [1.807, 2.05) is 54.8 Å². The molecule has 2 aromatic carbocycles. The number of rotatable bonds is 3. The molecule has 0 unspecified atom stereocenters. The highest BCUT2D eigenvalue weighted by Crippen LogP contribution is 2.27. The lowest BCUT2D eigenvalue weighted by Crippen LogP contribution is -2.03. The third kappa shape index (κ3) is 2.32. The lowest BCUT2D eigenvalue weighted by Gasteiger charge is -2.04. The van der Waals surface area contributed by atoms with Crippen LogP contribution in [0.1, 0.15) is 21.5 Å². The van der Waals surface area contributed by atoms with Crippen molar-refractivity contribution in [1.82, 2.24) is 0 Å². The van der Waals surface area contributed by atoms with Crippen LogP contribution in [0.15, 0.2) is 53.9 Å². The first-order valence-electron chi connectivity index (χ1n) is 6.29. The molecule has 0 spiro atoms. The van der Waals surface area contributed by atoms with Gasteiger partial charge in [0, 0.05) is 27.5 Å². The summed E-state index contributed by atoms with van der Waals surface area (Å²) in [6.07, 6.45) is 0.480. The molecule has 94 valence electrons. The van der Waals surface area contributed by atoms with Gasteiger partial charge in [-0.1, -0.05) is 42.5 Å². The van der Waals surface area contributed by atoms with E-state index >= 15 is 0 Å². The highest BCUT2D eigenvalue weighted by molar-refractivity contribution is 7.17. The van der Waals surface area contributed by atoms with Gasteiger partial charge >= 0.3 is 0 Å². The maximum atomic E-state index is 12.4. The molecule has 3 rings (SSSR count). The molecule has 0 bridgehead atoms. The van der Waals surface area contributed by atoms with Gasteiger partial charge in [-0.2, -0.15) is 0 Å². The normalized spacial score (nSPS) is 10.8. The van der Waals surface area contributed by atoms with E-state index in [9.17, 15) is 4.79 Å². The van der Waals surface area contributed by atoms with E-state index in [0.717, 1.165) is 16.5 Å². The molecule has 19 heavy (non-hydrogen) atoms. The van der Waals surface area contributed by atoms with Crippen molar-refractivity contribution < 1.29 is 4.79 Å². The molecule has 0 N–H and O–H groups in total. The third-order valence-corrected chi connectivity index (χ3v) is 4.36. The lowest BCUT2D eigenvalue weighted by molar-refractivity contribution is 0.0994. The van der Waals surface area contributed by atoms with Crippen molar-refractivity contribution in [2.45, 2.75) is 13.3 Å². The van der Waals surface area contributed by atoms with E-state index in [0.29, 0.717) is 6.42 Å². The Hall–Kier alpha value is -1.93. The minimum absolute atomic E-state index is 0.201. The number of aryl methyl sites for hydroxylation is 1. The third-order valence-electron chi connectivity index (χ3n) is 3.39. The van der Waals surface area contributed by atoms with Crippen molar-refractivity contribution in [2.24, 2.45) is 0 Å². The largest absolute Gasteiger partial charge is 0.294 e. The minimum atomic E-state index is 0.201. The van der Waals surface area contributed by atoms with Crippen molar-refractivity contribution in [3.8, 4) is 0 Å². The summed E-state index contributed by atoms with van der Waals surface area (Å²) in [5.41, 5.74) is 3.14. The van der Waals surface area contributed by atoms with Crippen LogP contribution in [0.4, 0.5) is 0 Å². The van der Waals surface area contributed by atoms with Crippen LogP contribution in [0.3, 0.4) is 0 Å². The van der Waals surface area contributed by atoms with E-state index in [1.54, 1.807) is 11.3 Å².